The Balaban J connectivity index is 1.65. The lowest BCUT2D eigenvalue weighted by Gasteiger charge is -2.27. The Morgan fingerprint density at radius 1 is 1.31 bits per heavy atom. The van der Waals surface area contributed by atoms with E-state index >= 15 is 0 Å². The Hall–Kier alpha value is -2.93. The van der Waals surface area contributed by atoms with E-state index in [4.69, 9.17) is 20.9 Å². The summed E-state index contributed by atoms with van der Waals surface area (Å²) >= 11 is 0. The van der Waals surface area contributed by atoms with Crippen molar-refractivity contribution in [2.75, 3.05) is 0 Å². The first kappa shape index (κ1) is 20.8. The highest BCUT2D eigenvalue weighted by molar-refractivity contribution is 5.90. The van der Waals surface area contributed by atoms with Gasteiger partial charge in [0.15, 0.2) is 6.10 Å². The quantitative estimate of drug-likeness (QED) is 0.724. The maximum Gasteiger partial charge on any atom is 0.328 e. The van der Waals surface area contributed by atoms with Crippen molar-refractivity contribution in [2.24, 2.45) is 16.5 Å². The maximum atomic E-state index is 13.3. The van der Waals surface area contributed by atoms with Crippen LogP contribution in [0.4, 0.5) is 10.1 Å². The van der Waals surface area contributed by atoms with E-state index in [-0.39, 0.29) is 11.9 Å². The van der Waals surface area contributed by atoms with Crippen molar-refractivity contribution in [1.29, 1.82) is 0 Å². The van der Waals surface area contributed by atoms with Crippen molar-refractivity contribution in [1.82, 2.24) is 0 Å². The monoisotopic (exact) mass is 399 g/mol. The third kappa shape index (κ3) is 5.12. The molecule has 0 aliphatic carbocycles. The molecular weight excluding hydrogens is 373 g/mol. The minimum Gasteiger partial charge on any atom is -0.481 e. The van der Waals surface area contributed by atoms with Crippen LogP contribution in [0.2, 0.25) is 0 Å². The minimum atomic E-state index is -0.968. The number of nitrogens with zero attached hydrogens (tertiary/aromatic N) is 1. The van der Waals surface area contributed by atoms with E-state index in [9.17, 15) is 9.18 Å². The molecule has 0 spiro atoms. The molecule has 2 aromatic carbocycles. The average Bonchev–Trinajstić information content (AvgIpc) is 2.66. The van der Waals surface area contributed by atoms with Crippen molar-refractivity contribution in [3.05, 3.63) is 59.4 Å². The zero-order valence-electron chi connectivity index (χ0n) is 16.8. The Kier molecular flexibility index (Phi) is 5.88. The lowest BCUT2D eigenvalue weighted by molar-refractivity contribution is -0.158. The second-order valence-corrected chi connectivity index (χ2v) is 7.81. The van der Waals surface area contributed by atoms with E-state index < -0.39 is 17.6 Å². The Bertz CT molecular complexity index is 943. The van der Waals surface area contributed by atoms with Gasteiger partial charge in [0.25, 0.3) is 0 Å². The summed E-state index contributed by atoms with van der Waals surface area (Å²) in [5.74, 6) is 0.125. The number of hydrogen-bond acceptors (Lipinski definition) is 6. The lowest BCUT2D eigenvalue weighted by atomic mass is 9.98. The smallest absolute Gasteiger partial charge is 0.328 e. The third-order valence-electron chi connectivity index (χ3n) is 4.85. The first-order valence-corrected chi connectivity index (χ1v) is 9.52. The number of carbonyl (C=O) groups excluding carboxylic acids is 1. The Morgan fingerprint density at radius 2 is 2.07 bits per heavy atom. The van der Waals surface area contributed by atoms with Crippen molar-refractivity contribution < 1.29 is 18.7 Å². The van der Waals surface area contributed by atoms with Gasteiger partial charge < -0.3 is 20.9 Å². The molecule has 2 unspecified atom stereocenters. The second kappa shape index (κ2) is 8.21. The van der Waals surface area contributed by atoms with Crippen molar-refractivity contribution in [3.8, 4) is 5.75 Å². The maximum absolute atomic E-state index is 13.3. The number of benzene rings is 2. The van der Waals surface area contributed by atoms with Gasteiger partial charge in [-0.3, -0.25) is 0 Å². The number of aryl methyl sites for hydroxylation is 1. The lowest BCUT2D eigenvalue weighted by Crippen LogP contribution is -2.34. The Labute approximate surface area is 169 Å². The summed E-state index contributed by atoms with van der Waals surface area (Å²) < 4.78 is 24.6. The normalized spacial score (nSPS) is 17.0. The fourth-order valence-corrected chi connectivity index (χ4v) is 3.06. The molecule has 2 aromatic rings. The zero-order chi connectivity index (χ0) is 21.2. The second-order valence-electron chi connectivity index (χ2n) is 7.81. The topological polar surface area (TPSA) is 99.9 Å². The summed E-state index contributed by atoms with van der Waals surface area (Å²) in [6, 6.07) is 10.5. The van der Waals surface area contributed by atoms with E-state index in [0.717, 1.165) is 5.56 Å². The number of aliphatic imine (C=N–C) groups is 1. The SMILES string of the molecule is CC1Oc2ccc(C(N)C(=O)OC(C)(C)CCc3cccc(F)c3)cc2N=C1N. The zero-order valence-corrected chi connectivity index (χ0v) is 16.8. The number of esters is 1. The standard InChI is InChI=1S/C22H26FN3O3/c1-13-20(25)26-17-12-15(7-8-18(17)28-13)19(24)21(27)29-22(2,3)10-9-14-5-4-6-16(23)11-14/h4-8,11-13,19H,9-10,24H2,1-3H3,(H2,25,26). The van der Waals surface area contributed by atoms with Crippen molar-refractivity contribution >= 4 is 17.5 Å². The highest BCUT2D eigenvalue weighted by atomic mass is 19.1. The molecule has 1 aliphatic heterocycles. The molecule has 2 atom stereocenters. The van der Waals surface area contributed by atoms with Gasteiger partial charge >= 0.3 is 5.97 Å². The van der Waals surface area contributed by atoms with Crippen molar-refractivity contribution in [2.45, 2.75) is 51.4 Å². The van der Waals surface area contributed by atoms with Crippen LogP contribution in [0.5, 0.6) is 5.75 Å². The molecule has 154 valence electrons. The van der Waals surface area contributed by atoms with Crippen molar-refractivity contribution in [3.63, 3.8) is 0 Å². The minimum absolute atomic E-state index is 0.284. The van der Waals surface area contributed by atoms with Gasteiger partial charge in [0.1, 0.15) is 34.7 Å². The molecule has 3 rings (SSSR count). The molecular formula is C22H26FN3O3. The molecule has 0 fully saturated rings. The van der Waals surface area contributed by atoms with Gasteiger partial charge in [-0.15, -0.1) is 0 Å². The van der Waals surface area contributed by atoms with E-state index in [1.807, 2.05) is 26.8 Å². The first-order chi connectivity index (χ1) is 13.6. The van der Waals surface area contributed by atoms with Crippen LogP contribution in [0.15, 0.2) is 47.5 Å². The first-order valence-electron chi connectivity index (χ1n) is 9.52. The summed E-state index contributed by atoms with van der Waals surface area (Å²) in [4.78, 5) is 16.9. The fourth-order valence-electron chi connectivity index (χ4n) is 3.06. The number of hydrogen-bond donors (Lipinski definition) is 2. The van der Waals surface area contributed by atoms with Crippen LogP contribution in [-0.4, -0.2) is 23.5 Å². The number of fused-ring (bicyclic) bond motifs is 1. The molecule has 0 bridgehead atoms. The summed E-state index contributed by atoms with van der Waals surface area (Å²) in [6.07, 6.45) is 0.812. The van der Waals surface area contributed by atoms with Gasteiger partial charge in [0, 0.05) is 0 Å². The molecule has 4 N–H and O–H groups in total. The average molecular weight is 399 g/mol. The fraction of sp³-hybridized carbons (Fsp3) is 0.364. The third-order valence-corrected chi connectivity index (χ3v) is 4.85. The number of ether oxygens (including phenoxy) is 2. The molecule has 0 aromatic heterocycles. The highest BCUT2D eigenvalue weighted by Crippen LogP contribution is 2.34. The van der Waals surface area contributed by atoms with Crippen LogP contribution in [-0.2, 0) is 16.0 Å². The van der Waals surface area contributed by atoms with Crippen LogP contribution < -0.4 is 16.2 Å². The van der Waals surface area contributed by atoms with Crippen LogP contribution >= 0.6 is 0 Å². The molecule has 6 nitrogen and oxygen atoms in total. The van der Waals surface area contributed by atoms with E-state index in [1.165, 1.54) is 12.1 Å². The number of rotatable bonds is 6. The van der Waals surface area contributed by atoms with E-state index in [2.05, 4.69) is 4.99 Å². The molecule has 7 heteroatoms. The largest absolute Gasteiger partial charge is 0.481 e. The van der Waals surface area contributed by atoms with Gasteiger partial charge in [0.05, 0.1) is 0 Å². The predicted molar refractivity (Wildman–Crippen MR) is 110 cm³/mol. The summed E-state index contributed by atoms with van der Waals surface area (Å²) in [5.41, 5.74) is 13.1. The van der Waals surface area contributed by atoms with Crippen LogP contribution in [0.3, 0.4) is 0 Å². The summed E-state index contributed by atoms with van der Waals surface area (Å²) in [6.45, 7) is 5.43. The predicted octanol–water partition coefficient (Wildman–Crippen LogP) is 3.55. The molecule has 1 aliphatic rings. The number of carbonyl (C=O) groups is 1. The van der Waals surface area contributed by atoms with E-state index in [0.29, 0.717) is 35.7 Å². The highest BCUT2D eigenvalue weighted by Gasteiger charge is 2.28. The Morgan fingerprint density at radius 3 is 2.79 bits per heavy atom. The molecule has 1 heterocycles. The number of nitrogens with two attached hydrogens (primary N) is 2. The molecule has 0 saturated heterocycles. The van der Waals surface area contributed by atoms with Gasteiger partial charge in [0.2, 0.25) is 0 Å². The van der Waals surface area contributed by atoms with Crippen LogP contribution in [0.1, 0.15) is 44.4 Å². The summed E-state index contributed by atoms with van der Waals surface area (Å²) in [5, 5.41) is 0. The van der Waals surface area contributed by atoms with Gasteiger partial charge in [-0.25, -0.2) is 14.2 Å². The van der Waals surface area contributed by atoms with Crippen LogP contribution in [0, 0.1) is 5.82 Å². The van der Waals surface area contributed by atoms with Gasteiger partial charge in [-0.2, -0.15) is 0 Å². The van der Waals surface area contributed by atoms with Gasteiger partial charge in [-0.05, 0) is 69.0 Å². The van der Waals surface area contributed by atoms with Gasteiger partial charge in [-0.1, -0.05) is 18.2 Å². The molecule has 29 heavy (non-hydrogen) atoms. The summed E-state index contributed by atoms with van der Waals surface area (Å²) in [7, 11) is 0. The van der Waals surface area contributed by atoms with E-state index in [1.54, 1.807) is 24.3 Å². The van der Waals surface area contributed by atoms with Crippen LogP contribution in [0.25, 0.3) is 0 Å². The number of halogens is 1. The number of amidine groups is 1. The molecule has 0 amide bonds. The molecule has 0 saturated carbocycles. The molecule has 0 radical (unpaired) electrons.